The van der Waals surface area contributed by atoms with E-state index in [1.807, 2.05) is 0 Å². The van der Waals surface area contributed by atoms with E-state index in [1.54, 1.807) is 0 Å². The SMILES string of the molecule is CCN(CC)C(N)=NCC1(CC(C)C)CCC1.I. The van der Waals surface area contributed by atoms with Gasteiger partial charge in [0.2, 0.25) is 0 Å². The first kappa shape index (κ1) is 18.0. The highest BCUT2D eigenvalue weighted by atomic mass is 127. The summed E-state index contributed by atoms with van der Waals surface area (Å²) in [4.78, 5) is 6.76. The van der Waals surface area contributed by atoms with Crippen LogP contribution in [0.5, 0.6) is 0 Å². The Hall–Kier alpha value is 0. The van der Waals surface area contributed by atoms with E-state index in [0.29, 0.717) is 5.41 Å². The first-order valence-electron chi connectivity index (χ1n) is 7.08. The molecule has 0 bridgehead atoms. The minimum absolute atomic E-state index is 0. The second-order valence-electron chi connectivity index (χ2n) is 5.80. The number of rotatable bonds is 6. The summed E-state index contributed by atoms with van der Waals surface area (Å²) in [6, 6.07) is 0. The average molecular weight is 367 g/mol. The molecule has 2 N–H and O–H groups in total. The van der Waals surface area contributed by atoms with Gasteiger partial charge in [0.1, 0.15) is 0 Å². The van der Waals surface area contributed by atoms with Crippen molar-refractivity contribution >= 4 is 29.9 Å². The van der Waals surface area contributed by atoms with Gasteiger partial charge in [0.25, 0.3) is 0 Å². The topological polar surface area (TPSA) is 41.6 Å². The summed E-state index contributed by atoms with van der Waals surface area (Å²) in [6.07, 6.45) is 5.33. The van der Waals surface area contributed by atoms with Crippen LogP contribution in [0.1, 0.15) is 53.4 Å². The van der Waals surface area contributed by atoms with Crippen LogP contribution in [0.25, 0.3) is 0 Å². The summed E-state index contributed by atoms with van der Waals surface area (Å²) in [5, 5.41) is 0. The third-order valence-corrected chi connectivity index (χ3v) is 3.92. The van der Waals surface area contributed by atoms with Gasteiger partial charge < -0.3 is 10.6 Å². The zero-order valence-electron chi connectivity index (χ0n) is 12.4. The molecule has 1 aliphatic rings. The lowest BCUT2D eigenvalue weighted by molar-refractivity contribution is 0.111. The van der Waals surface area contributed by atoms with Gasteiger partial charge in [-0.1, -0.05) is 20.3 Å². The van der Waals surface area contributed by atoms with Crippen molar-refractivity contribution in [3.8, 4) is 0 Å². The van der Waals surface area contributed by atoms with E-state index in [1.165, 1.54) is 25.7 Å². The molecule has 3 nitrogen and oxygen atoms in total. The number of guanidine groups is 1. The minimum Gasteiger partial charge on any atom is -0.370 e. The Labute approximate surface area is 130 Å². The van der Waals surface area contributed by atoms with Crippen molar-refractivity contribution in [2.24, 2.45) is 22.1 Å². The Morgan fingerprint density at radius 1 is 1.28 bits per heavy atom. The number of halogens is 1. The number of hydrogen-bond acceptors (Lipinski definition) is 1. The van der Waals surface area contributed by atoms with E-state index in [9.17, 15) is 0 Å². The van der Waals surface area contributed by atoms with E-state index in [2.05, 4.69) is 37.6 Å². The van der Waals surface area contributed by atoms with Crippen LogP contribution in [-0.4, -0.2) is 30.5 Å². The van der Waals surface area contributed by atoms with E-state index in [-0.39, 0.29) is 24.0 Å². The van der Waals surface area contributed by atoms with Crippen LogP contribution in [-0.2, 0) is 0 Å². The van der Waals surface area contributed by atoms with Crippen LogP contribution in [0, 0.1) is 11.3 Å². The highest BCUT2D eigenvalue weighted by Gasteiger charge is 2.37. The standard InChI is InChI=1S/C14H29N3.HI/c1-5-17(6-2)13(15)16-11-14(8-7-9-14)10-12(3)4;/h12H,5-11H2,1-4H3,(H2,15,16);1H. The van der Waals surface area contributed by atoms with Crippen molar-refractivity contribution < 1.29 is 0 Å². The molecule has 1 aliphatic carbocycles. The van der Waals surface area contributed by atoms with Crippen molar-refractivity contribution in [3.63, 3.8) is 0 Å². The van der Waals surface area contributed by atoms with E-state index in [4.69, 9.17) is 5.73 Å². The fourth-order valence-electron chi connectivity index (χ4n) is 2.87. The first-order chi connectivity index (χ1) is 8.03. The Morgan fingerprint density at radius 3 is 2.17 bits per heavy atom. The Kier molecular flexibility index (Phi) is 8.23. The molecule has 108 valence electrons. The third-order valence-electron chi connectivity index (χ3n) is 3.92. The van der Waals surface area contributed by atoms with Gasteiger partial charge in [-0.15, -0.1) is 24.0 Å². The summed E-state index contributed by atoms with van der Waals surface area (Å²) in [5.74, 6) is 1.49. The molecule has 0 heterocycles. The van der Waals surface area contributed by atoms with Gasteiger partial charge in [-0.05, 0) is 44.4 Å². The molecule has 0 unspecified atom stereocenters. The number of hydrogen-bond donors (Lipinski definition) is 1. The highest BCUT2D eigenvalue weighted by Crippen LogP contribution is 2.46. The van der Waals surface area contributed by atoms with Crippen LogP contribution >= 0.6 is 24.0 Å². The molecule has 4 heteroatoms. The number of nitrogens with two attached hydrogens (primary N) is 1. The van der Waals surface area contributed by atoms with Crippen molar-refractivity contribution in [1.29, 1.82) is 0 Å². The molecule has 0 amide bonds. The summed E-state index contributed by atoms with van der Waals surface area (Å²) < 4.78 is 0. The van der Waals surface area contributed by atoms with Crippen molar-refractivity contribution in [2.75, 3.05) is 19.6 Å². The molecule has 1 rings (SSSR count). The maximum atomic E-state index is 6.03. The zero-order valence-corrected chi connectivity index (χ0v) is 14.7. The molecule has 0 radical (unpaired) electrons. The molecule has 1 saturated carbocycles. The predicted molar refractivity (Wildman–Crippen MR) is 90.6 cm³/mol. The lowest BCUT2D eigenvalue weighted by atomic mass is 9.64. The second kappa shape index (κ2) is 8.23. The Balaban J connectivity index is 0.00000289. The molecular formula is C14H30IN3. The quantitative estimate of drug-likeness (QED) is 0.444. The molecule has 0 spiro atoms. The smallest absolute Gasteiger partial charge is 0.191 e. The summed E-state index contributed by atoms with van der Waals surface area (Å²) in [6.45, 7) is 11.7. The minimum atomic E-state index is 0. The van der Waals surface area contributed by atoms with Gasteiger partial charge in [-0.25, -0.2) is 0 Å². The van der Waals surface area contributed by atoms with Gasteiger partial charge in [0.05, 0.1) is 0 Å². The van der Waals surface area contributed by atoms with Crippen molar-refractivity contribution in [2.45, 2.75) is 53.4 Å². The summed E-state index contributed by atoms with van der Waals surface area (Å²) in [7, 11) is 0. The van der Waals surface area contributed by atoms with Crippen LogP contribution in [0.2, 0.25) is 0 Å². The normalized spacial score (nSPS) is 18.2. The van der Waals surface area contributed by atoms with Crippen LogP contribution in [0.4, 0.5) is 0 Å². The zero-order chi connectivity index (χ0) is 12.9. The molecule has 18 heavy (non-hydrogen) atoms. The van der Waals surface area contributed by atoms with Gasteiger partial charge in [0.15, 0.2) is 5.96 Å². The van der Waals surface area contributed by atoms with Crippen LogP contribution in [0.15, 0.2) is 4.99 Å². The molecule has 0 atom stereocenters. The van der Waals surface area contributed by atoms with E-state index < -0.39 is 0 Å². The van der Waals surface area contributed by atoms with Crippen molar-refractivity contribution in [3.05, 3.63) is 0 Å². The average Bonchev–Trinajstić information content (AvgIpc) is 2.23. The molecular weight excluding hydrogens is 337 g/mol. The summed E-state index contributed by atoms with van der Waals surface area (Å²) in [5.41, 5.74) is 6.50. The monoisotopic (exact) mass is 367 g/mol. The van der Waals surface area contributed by atoms with E-state index in [0.717, 1.165) is 31.5 Å². The third kappa shape index (κ3) is 4.94. The fraction of sp³-hybridized carbons (Fsp3) is 0.929. The first-order valence-corrected chi connectivity index (χ1v) is 7.08. The molecule has 1 fully saturated rings. The van der Waals surface area contributed by atoms with Gasteiger partial charge in [-0.2, -0.15) is 0 Å². The Morgan fingerprint density at radius 2 is 1.83 bits per heavy atom. The lowest BCUT2D eigenvalue weighted by Crippen LogP contribution is -2.40. The number of aliphatic imine (C=N–C) groups is 1. The van der Waals surface area contributed by atoms with E-state index >= 15 is 0 Å². The largest absolute Gasteiger partial charge is 0.370 e. The molecule has 0 aromatic rings. The predicted octanol–water partition coefficient (Wildman–Crippen LogP) is 3.48. The second-order valence-corrected chi connectivity index (χ2v) is 5.80. The molecule has 0 aromatic carbocycles. The lowest BCUT2D eigenvalue weighted by Gasteiger charge is -2.42. The molecule has 0 aromatic heterocycles. The maximum Gasteiger partial charge on any atom is 0.191 e. The number of nitrogens with zero attached hydrogens (tertiary/aromatic N) is 2. The highest BCUT2D eigenvalue weighted by molar-refractivity contribution is 14.0. The van der Waals surface area contributed by atoms with Crippen LogP contribution < -0.4 is 5.73 Å². The summed E-state index contributed by atoms with van der Waals surface area (Å²) >= 11 is 0. The maximum absolute atomic E-state index is 6.03. The molecule has 0 aliphatic heterocycles. The van der Waals surface area contributed by atoms with Gasteiger partial charge >= 0.3 is 0 Å². The van der Waals surface area contributed by atoms with Gasteiger partial charge in [-0.3, -0.25) is 4.99 Å². The fourth-order valence-corrected chi connectivity index (χ4v) is 2.87. The molecule has 0 saturated heterocycles. The van der Waals surface area contributed by atoms with Crippen molar-refractivity contribution in [1.82, 2.24) is 4.90 Å². The van der Waals surface area contributed by atoms with Gasteiger partial charge in [0, 0.05) is 19.6 Å². The Bertz CT molecular complexity index is 256. The van der Waals surface area contributed by atoms with Crippen LogP contribution in [0.3, 0.4) is 0 Å².